The predicted octanol–water partition coefficient (Wildman–Crippen LogP) is 14.9. The van der Waals surface area contributed by atoms with Crippen molar-refractivity contribution in [3.05, 3.63) is 200 Å². The van der Waals surface area contributed by atoms with Gasteiger partial charge < -0.3 is 9.47 Å². The van der Waals surface area contributed by atoms with Crippen molar-refractivity contribution >= 4 is 27.8 Å². The minimum Gasteiger partial charge on any atom is -0.453 e. The van der Waals surface area contributed by atoms with Crippen LogP contribution in [0.1, 0.15) is 0 Å². The average Bonchev–Trinajstić information content (AvgIpc) is 3.26. The van der Waals surface area contributed by atoms with E-state index in [4.69, 9.17) is 9.47 Å². The van der Waals surface area contributed by atoms with E-state index < -0.39 is 0 Å². The molecule has 0 aliphatic carbocycles. The van der Waals surface area contributed by atoms with Gasteiger partial charge in [-0.05, 0) is 109 Å². The maximum absolute atomic E-state index is 6.93. The molecular weight excluding hydrogens is 671 g/mol. The van der Waals surface area contributed by atoms with Gasteiger partial charge in [-0.1, -0.05) is 158 Å². The summed E-state index contributed by atoms with van der Waals surface area (Å²) in [6, 6.07) is 70.9. The molecule has 0 unspecified atom stereocenters. The summed E-state index contributed by atoms with van der Waals surface area (Å²) in [4.78, 5) is 2.30. The predicted molar refractivity (Wildman–Crippen MR) is 226 cm³/mol. The van der Waals surface area contributed by atoms with E-state index >= 15 is 0 Å². The lowest BCUT2D eigenvalue weighted by Crippen LogP contribution is -2.20. The number of hydrogen-bond acceptors (Lipinski definition) is 3. The summed E-state index contributed by atoms with van der Waals surface area (Å²) in [7, 11) is 0. The molecule has 2 heterocycles. The highest BCUT2D eigenvalue weighted by molar-refractivity contribution is 5.98. The van der Waals surface area contributed by atoms with Crippen LogP contribution in [0.2, 0.25) is 0 Å². The van der Waals surface area contributed by atoms with Crippen molar-refractivity contribution in [2.24, 2.45) is 0 Å². The number of anilines is 3. The monoisotopic (exact) mass is 703 g/mol. The number of hydrogen-bond donors (Lipinski definition) is 0. The normalized spacial score (nSPS) is 12.3. The third-order valence-electron chi connectivity index (χ3n) is 10.8. The van der Waals surface area contributed by atoms with Crippen LogP contribution in [0, 0.1) is 0 Å². The molecule has 3 nitrogen and oxygen atoms in total. The molecule has 258 valence electrons. The fraction of sp³-hybridized carbons (Fsp3) is 0. The van der Waals surface area contributed by atoms with Crippen molar-refractivity contribution in [2.45, 2.75) is 0 Å². The maximum Gasteiger partial charge on any atom is 0.156 e. The summed E-state index contributed by atoms with van der Waals surface area (Å²) in [6.45, 7) is 0. The molecule has 0 bridgehead atoms. The van der Waals surface area contributed by atoms with Crippen LogP contribution >= 0.6 is 0 Å². The van der Waals surface area contributed by atoms with Crippen molar-refractivity contribution in [2.75, 3.05) is 4.90 Å². The van der Waals surface area contributed by atoms with Crippen molar-refractivity contribution in [1.29, 1.82) is 0 Å². The topological polar surface area (TPSA) is 21.7 Å². The lowest BCUT2D eigenvalue weighted by atomic mass is 9.92. The van der Waals surface area contributed by atoms with Crippen LogP contribution in [-0.4, -0.2) is 0 Å². The summed E-state index contributed by atoms with van der Waals surface area (Å²) in [5.41, 5.74) is 14.2. The summed E-state index contributed by atoms with van der Waals surface area (Å²) in [6.07, 6.45) is 0. The van der Waals surface area contributed by atoms with Gasteiger partial charge in [0.2, 0.25) is 0 Å². The Morgan fingerprint density at radius 3 is 1.38 bits per heavy atom. The third kappa shape index (κ3) is 5.36. The molecule has 0 saturated carbocycles. The van der Waals surface area contributed by atoms with Gasteiger partial charge in [-0.3, -0.25) is 4.90 Å². The van der Waals surface area contributed by atoms with E-state index in [9.17, 15) is 0 Å². The molecule has 11 rings (SSSR count). The van der Waals surface area contributed by atoms with Crippen molar-refractivity contribution in [1.82, 2.24) is 0 Å². The number of fused-ring (bicyclic) bond motifs is 5. The lowest BCUT2D eigenvalue weighted by molar-refractivity contribution is 0.446. The van der Waals surface area contributed by atoms with Crippen LogP contribution in [0.25, 0.3) is 66.4 Å². The Hall–Kier alpha value is -7.36. The van der Waals surface area contributed by atoms with E-state index in [1.165, 1.54) is 33.0 Å². The first-order valence-electron chi connectivity index (χ1n) is 18.7. The van der Waals surface area contributed by atoms with Crippen LogP contribution in [-0.2, 0) is 0 Å². The molecule has 9 aromatic rings. The zero-order chi connectivity index (χ0) is 36.3. The van der Waals surface area contributed by atoms with Gasteiger partial charge in [-0.25, -0.2) is 0 Å². The van der Waals surface area contributed by atoms with Crippen molar-refractivity contribution < 1.29 is 9.47 Å². The minimum atomic E-state index is 0.757. The van der Waals surface area contributed by atoms with Gasteiger partial charge >= 0.3 is 0 Å². The average molecular weight is 704 g/mol. The molecule has 0 saturated heterocycles. The van der Waals surface area contributed by atoms with Gasteiger partial charge in [-0.15, -0.1) is 0 Å². The van der Waals surface area contributed by atoms with E-state index in [2.05, 4.69) is 199 Å². The molecule has 0 aromatic heterocycles. The van der Waals surface area contributed by atoms with Gasteiger partial charge in [-0.2, -0.15) is 0 Å². The molecule has 0 fully saturated rings. The lowest BCUT2D eigenvalue weighted by Gasteiger charge is -2.38. The van der Waals surface area contributed by atoms with Crippen LogP contribution in [0.3, 0.4) is 0 Å². The molecule has 2 aliphatic heterocycles. The van der Waals surface area contributed by atoms with Crippen LogP contribution in [0.15, 0.2) is 200 Å². The van der Waals surface area contributed by atoms with E-state index in [1.807, 2.05) is 6.07 Å². The van der Waals surface area contributed by atoms with Crippen LogP contribution < -0.4 is 14.4 Å². The number of benzene rings is 9. The van der Waals surface area contributed by atoms with Crippen LogP contribution in [0.4, 0.5) is 17.1 Å². The molecular formula is C52H33NO2. The molecule has 0 N–H and O–H groups in total. The summed E-state index contributed by atoms with van der Waals surface area (Å²) in [5, 5.41) is 2.40. The Kier molecular flexibility index (Phi) is 7.17. The standard InChI is InChI=1S/C52H33NO2/c1-3-11-34(12-4-1)37-19-22-38(23-20-37)44-17-9-10-18-45(44)42-26-28-47-49(31-42)55-51-33-43(40-24-21-36-15-7-8-16-39(36)29-40)32-50-52(51)53(47)46-27-25-41(30-48(46)54-50)35-13-5-2-6-14-35/h1-33H. The SMILES string of the molecule is c1ccc(-c2ccc(-c3ccccc3-c3ccc4c(c3)Oc3cc(-c5ccc6ccccc6c5)cc5c3N4c3ccc(-c4ccccc4)cc3O5)cc2)cc1. The molecule has 0 atom stereocenters. The first-order valence-corrected chi connectivity index (χ1v) is 18.7. The largest absolute Gasteiger partial charge is 0.453 e. The Bertz CT molecular complexity index is 2920. The highest BCUT2D eigenvalue weighted by Gasteiger charge is 2.36. The second-order valence-corrected chi connectivity index (χ2v) is 14.1. The van der Waals surface area contributed by atoms with E-state index in [1.54, 1.807) is 0 Å². The highest BCUT2D eigenvalue weighted by Crippen LogP contribution is 2.61. The van der Waals surface area contributed by atoms with Gasteiger partial charge in [0.05, 0.1) is 11.4 Å². The molecule has 0 radical (unpaired) electrons. The van der Waals surface area contributed by atoms with Crippen molar-refractivity contribution in [3.8, 4) is 78.6 Å². The first-order chi connectivity index (χ1) is 27.2. The van der Waals surface area contributed by atoms with Crippen molar-refractivity contribution in [3.63, 3.8) is 0 Å². The number of ether oxygens (including phenoxy) is 2. The quantitative estimate of drug-likeness (QED) is 0.178. The zero-order valence-corrected chi connectivity index (χ0v) is 29.8. The highest BCUT2D eigenvalue weighted by atomic mass is 16.5. The summed E-state index contributed by atoms with van der Waals surface area (Å²) >= 11 is 0. The van der Waals surface area contributed by atoms with E-state index in [0.717, 1.165) is 73.4 Å². The van der Waals surface area contributed by atoms with Gasteiger partial charge in [0.1, 0.15) is 5.69 Å². The second-order valence-electron chi connectivity index (χ2n) is 14.1. The minimum absolute atomic E-state index is 0.757. The molecule has 55 heavy (non-hydrogen) atoms. The maximum atomic E-state index is 6.93. The van der Waals surface area contributed by atoms with Gasteiger partial charge in [0, 0.05) is 0 Å². The first kappa shape index (κ1) is 31.2. The molecule has 2 aliphatic rings. The van der Waals surface area contributed by atoms with E-state index in [0.29, 0.717) is 0 Å². The Labute approximate surface area is 319 Å². The zero-order valence-electron chi connectivity index (χ0n) is 29.8. The number of nitrogens with zero attached hydrogens (tertiary/aromatic N) is 1. The molecule has 3 heteroatoms. The summed E-state index contributed by atoms with van der Waals surface area (Å²) in [5.74, 6) is 3.11. The fourth-order valence-electron chi connectivity index (χ4n) is 8.10. The molecule has 9 aromatic carbocycles. The van der Waals surface area contributed by atoms with E-state index in [-0.39, 0.29) is 0 Å². The fourth-order valence-corrected chi connectivity index (χ4v) is 8.10. The van der Waals surface area contributed by atoms with Gasteiger partial charge in [0.15, 0.2) is 23.0 Å². The molecule has 0 amide bonds. The smallest absolute Gasteiger partial charge is 0.156 e. The third-order valence-corrected chi connectivity index (χ3v) is 10.8. The number of rotatable bonds is 5. The Balaban J connectivity index is 1.04. The molecule has 0 spiro atoms. The Morgan fingerprint density at radius 1 is 0.273 bits per heavy atom. The Morgan fingerprint density at radius 2 is 0.709 bits per heavy atom. The van der Waals surface area contributed by atoms with Crippen LogP contribution in [0.5, 0.6) is 23.0 Å². The summed E-state index contributed by atoms with van der Waals surface area (Å²) < 4.78 is 13.8. The second kappa shape index (κ2) is 12.6. The van der Waals surface area contributed by atoms with Gasteiger partial charge in [0.25, 0.3) is 0 Å².